The average molecular weight is 674 g/mol. The van der Waals surface area contributed by atoms with Gasteiger partial charge in [0.1, 0.15) is 29.9 Å². The molecule has 1 saturated carbocycles. The Morgan fingerprint density at radius 3 is 2.50 bits per heavy atom. The topological polar surface area (TPSA) is 103 Å². The summed E-state index contributed by atoms with van der Waals surface area (Å²) in [6.45, 7) is 12.6. The highest BCUT2D eigenvalue weighted by Crippen LogP contribution is 2.41. The Morgan fingerprint density at radius 2 is 1.85 bits per heavy atom. The number of hydrogen-bond donors (Lipinski definition) is 1. The molecule has 4 aromatic rings. The quantitative estimate of drug-likeness (QED) is 0.119. The maximum atomic E-state index is 15.5. The van der Waals surface area contributed by atoms with Gasteiger partial charge in [-0.05, 0) is 62.4 Å². The van der Waals surface area contributed by atoms with Crippen molar-refractivity contribution in [3.05, 3.63) is 66.0 Å². The Bertz CT molecular complexity index is 1850. The van der Waals surface area contributed by atoms with Crippen LogP contribution in [-0.4, -0.2) is 49.5 Å². The highest BCUT2D eigenvalue weighted by molar-refractivity contribution is 6.76. The molecule has 1 atom stereocenters. The summed E-state index contributed by atoms with van der Waals surface area (Å²) < 4.78 is 56.5. The largest absolute Gasteiger partial charge is 0.490 e. The van der Waals surface area contributed by atoms with E-state index in [0.717, 1.165) is 18.2 Å². The number of pyridine rings is 1. The number of aliphatic imine (C=N–C) groups is 1. The molecule has 2 aromatic carbocycles. The van der Waals surface area contributed by atoms with E-state index in [2.05, 4.69) is 41.0 Å². The third-order valence-electron chi connectivity index (χ3n) is 8.37. The number of nitriles is 1. The minimum atomic E-state index is -1.31. The molecule has 0 bridgehead atoms. The van der Waals surface area contributed by atoms with E-state index in [1.807, 2.05) is 30.7 Å². The third kappa shape index (κ3) is 7.80. The van der Waals surface area contributed by atoms with E-state index in [4.69, 9.17) is 18.9 Å². The molecule has 3 heterocycles. The van der Waals surface area contributed by atoms with Crippen LogP contribution in [0.25, 0.3) is 22.2 Å². The van der Waals surface area contributed by atoms with Crippen LogP contribution in [0.2, 0.25) is 25.7 Å². The summed E-state index contributed by atoms with van der Waals surface area (Å²) in [5.74, 6) is -0.633. The molecule has 0 amide bonds. The number of hydrogen-bond acceptors (Lipinski definition) is 8. The lowest BCUT2D eigenvalue weighted by molar-refractivity contribution is 0.0899. The van der Waals surface area contributed by atoms with Gasteiger partial charge in [-0.15, -0.1) is 0 Å². The van der Waals surface area contributed by atoms with Crippen molar-refractivity contribution in [1.29, 1.82) is 5.26 Å². The van der Waals surface area contributed by atoms with Gasteiger partial charge in [0.15, 0.2) is 17.4 Å². The number of nitrogens with one attached hydrogen (secondary N) is 1. The smallest absolute Gasteiger partial charge is 0.289 e. The van der Waals surface area contributed by atoms with Crippen molar-refractivity contribution in [2.24, 2.45) is 16.8 Å². The SMILES string of the molecule is CC(C)Oc1ccc(-c2cn(COCC[Si](C)(C)C)c3nccc(Oc4c(F)cc(NC5=NC[C@@H](C6CC6)CO5)cc4F)c23)cc1C#N. The average Bonchev–Trinajstić information content (AvgIpc) is 3.82. The van der Waals surface area contributed by atoms with Crippen molar-refractivity contribution in [2.45, 2.75) is 65.2 Å². The molecule has 2 aliphatic rings. The molecule has 2 aromatic heterocycles. The minimum Gasteiger partial charge on any atom is -0.490 e. The molecule has 1 N–H and O–H groups in total. The molecule has 6 rings (SSSR count). The Kier molecular flexibility index (Phi) is 9.71. The molecule has 48 heavy (non-hydrogen) atoms. The lowest BCUT2D eigenvalue weighted by Gasteiger charge is -2.22. The fourth-order valence-electron chi connectivity index (χ4n) is 5.65. The predicted molar refractivity (Wildman–Crippen MR) is 184 cm³/mol. The van der Waals surface area contributed by atoms with Crippen LogP contribution < -0.4 is 14.8 Å². The minimum absolute atomic E-state index is 0.114. The van der Waals surface area contributed by atoms with Gasteiger partial charge < -0.3 is 28.8 Å². The van der Waals surface area contributed by atoms with Gasteiger partial charge in [0.05, 0.1) is 30.2 Å². The molecular weight excluding hydrogens is 633 g/mol. The predicted octanol–water partition coefficient (Wildman–Crippen LogP) is 8.57. The lowest BCUT2D eigenvalue weighted by atomic mass is 10.0. The molecular formula is C36H41F2N5O4Si. The van der Waals surface area contributed by atoms with Crippen molar-refractivity contribution < 1.29 is 27.7 Å². The van der Waals surface area contributed by atoms with Crippen molar-refractivity contribution in [3.8, 4) is 34.4 Å². The second-order valence-electron chi connectivity index (χ2n) is 13.9. The number of rotatable bonds is 12. The summed E-state index contributed by atoms with van der Waals surface area (Å²) in [5.41, 5.74) is 2.37. The van der Waals surface area contributed by atoms with Crippen LogP contribution in [0, 0.1) is 34.8 Å². The molecule has 0 saturated heterocycles. The van der Waals surface area contributed by atoms with Crippen LogP contribution in [0.3, 0.4) is 0 Å². The van der Waals surface area contributed by atoms with Crippen LogP contribution in [0.4, 0.5) is 14.5 Å². The van der Waals surface area contributed by atoms with Crippen molar-refractivity contribution in [2.75, 3.05) is 25.1 Å². The number of aromatic nitrogens is 2. The van der Waals surface area contributed by atoms with E-state index in [1.54, 1.807) is 18.2 Å². The van der Waals surface area contributed by atoms with Gasteiger partial charge >= 0.3 is 0 Å². The number of fused-ring (bicyclic) bond motifs is 1. The molecule has 1 aliphatic heterocycles. The van der Waals surface area contributed by atoms with Gasteiger partial charge in [0, 0.05) is 56.4 Å². The number of nitrogens with zero attached hydrogens (tertiary/aromatic N) is 4. The molecule has 1 aliphatic carbocycles. The zero-order valence-electron chi connectivity index (χ0n) is 28.0. The van der Waals surface area contributed by atoms with Crippen LogP contribution in [-0.2, 0) is 16.2 Å². The number of anilines is 1. The monoisotopic (exact) mass is 673 g/mol. The standard InChI is InChI=1S/C36H41F2N5O4Si/c1-22(2)46-31-9-8-24(14-25(31)17-39)28-19-43(21-44-12-13-48(3,4)5)35-33(28)32(10-11-40-35)47-34-29(37)15-27(16-30(34)38)42-36-41-18-26(20-45-36)23-6-7-23/h8-11,14-16,19,22-23,26H,6-7,12-13,18,20-21H2,1-5H3,(H,41,42)/t26-/m1/s1. The zero-order valence-corrected chi connectivity index (χ0v) is 29.0. The van der Waals surface area contributed by atoms with E-state index in [-0.39, 0.29) is 30.3 Å². The lowest BCUT2D eigenvalue weighted by Crippen LogP contribution is -2.29. The van der Waals surface area contributed by atoms with Crippen molar-refractivity contribution in [3.63, 3.8) is 0 Å². The number of halogens is 2. The van der Waals surface area contributed by atoms with E-state index < -0.39 is 25.5 Å². The second kappa shape index (κ2) is 13.9. The molecule has 12 heteroatoms. The van der Waals surface area contributed by atoms with Crippen molar-refractivity contribution in [1.82, 2.24) is 9.55 Å². The molecule has 0 spiro atoms. The Labute approximate surface area is 280 Å². The van der Waals surface area contributed by atoms with Gasteiger partial charge in [-0.25, -0.2) is 18.8 Å². The first-order valence-electron chi connectivity index (χ1n) is 16.4. The highest BCUT2D eigenvalue weighted by Gasteiger charge is 2.33. The first kappa shape index (κ1) is 33.4. The first-order chi connectivity index (χ1) is 23.0. The van der Waals surface area contributed by atoms with E-state index in [0.29, 0.717) is 65.1 Å². The van der Waals surface area contributed by atoms with Gasteiger partial charge in [-0.1, -0.05) is 25.7 Å². The van der Waals surface area contributed by atoms with Crippen LogP contribution in [0.1, 0.15) is 32.3 Å². The molecule has 252 valence electrons. The summed E-state index contributed by atoms with van der Waals surface area (Å²) in [4.78, 5) is 9.02. The number of benzene rings is 2. The van der Waals surface area contributed by atoms with Crippen molar-refractivity contribution >= 4 is 30.8 Å². The van der Waals surface area contributed by atoms with Gasteiger partial charge in [0.2, 0.25) is 0 Å². The second-order valence-corrected chi connectivity index (χ2v) is 19.5. The summed E-state index contributed by atoms with van der Waals surface area (Å²) >= 11 is 0. The van der Waals surface area contributed by atoms with E-state index >= 15 is 8.78 Å². The molecule has 1 fully saturated rings. The maximum absolute atomic E-state index is 15.5. The third-order valence-corrected chi connectivity index (χ3v) is 10.1. The maximum Gasteiger partial charge on any atom is 0.289 e. The summed E-state index contributed by atoms with van der Waals surface area (Å²) in [5, 5.41) is 13.3. The Balaban J connectivity index is 1.32. The summed E-state index contributed by atoms with van der Waals surface area (Å²) in [7, 11) is -1.31. The first-order valence-corrected chi connectivity index (χ1v) is 20.1. The molecule has 9 nitrogen and oxygen atoms in total. The van der Waals surface area contributed by atoms with Crippen LogP contribution >= 0.6 is 0 Å². The van der Waals surface area contributed by atoms with E-state index in [9.17, 15) is 5.26 Å². The van der Waals surface area contributed by atoms with Gasteiger partial charge in [-0.3, -0.25) is 0 Å². The highest BCUT2D eigenvalue weighted by atomic mass is 28.3. The Hall–Kier alpha value is -4.47. The van der Waals surface area contributed by atoms with Crippen LogP contribution in [0.5, 0.6) is 17.2 Å². The zero-order chi connectivity index (χ0) is 34.0. The van der Waals surface area contributed by atoms with Gasteiger partial charge in [0.25, 0.3) is 6.02 Å². The summed E-state index contributed by atoms with van der Waals surface area (Å²) in [6, 6.07) is 12.6. The summed E-state index contributed by atoms with van der Waals surface area (Å²) in [6.07, 6.45) is 5.67. The fourth-order valence-corrected chi connectivity index (χ4v) is 6.40. The number of ether oxygens (including phenoxy) is 4. The van der Waals surface area contributed by atoms with E-state index in [1.165, 1.54) is 19.0 Å². The fraction of sp³-hybridized carbons (Fsp3) is 0.417. The van der Waals surface area contributed by atoms with Crippen LogP contribution in [0.15, 0.2) is 53.8 Å². The Morgan fingerprint density at radius 1 is 1.08 bits per heavy atom. The normalized spacial score (nSPS) is 16.4. The molecule has 0 radical (unpaired) electrons. The number of amidine groups is 1. The molecule has 0 unspecified atom stereocenters. The van der Waals surface area contributed by atoms with Gasteiger partial charge in [-0.2, -0.15) is 5.26 Å².